The lowest BCUT2D eigenvalue weighted by atomic mass is 10.1. The number of fused-ring (bicyclic) bond motifs is 1. The second-order valence-corrected chi connectivity index (χ2v) is 6.35. The molecule has 3 rings (SSSR count). The third kappa shape index (κ3) is 3.46. The van der Waals surface area contributed by atoms with Crippen molar-refractivity contribution in [1.29, 1.82) is 0 Å². The number of hydrogen-bond acceptors (Lipinski definition) is 4. The molecule has 2 aromatic rings. The van der Waals surface area contributed by atoms with E-state index in [4.69, 9.17) is 11.6 Å². The lowest BCUT2D eigenvalue weighted by Crippen LogP contribution is -2.34. The van der Waals surface area contributed by atoms with Gasteiger partial charge in [-0.15, -0.1) is 0 Å². The van der Waals surface area contributed by atoms with Crippen molar-refractivity contribution in [3.8, 4) is 0 Å². The second-order valence-electron chi connectivity index (χ2n) is 5.94. The van der Waals surface area contributed by atoms with Crippen molar-refractivity contribution in [2.24, 2.45) is 0 Å². The fraction of sp³-hybridized carbons (Fsp3) is 0.467. The van der Waals surface area contributed by atoms with Crippen LogP contribution >= 0.6 is 11.6 Å². The predicted octanol–water partition coefficient (Wildman–Crippen LogP) is 2.32. The molecular formula is C15H14ClF3N4O3. The van der Waals surface area contributed by atoms with Gasteiger partial charge in [0.2, 0.25) is 0 Å². The van der Waals surface area contributed by atoms with E-state index in [0.29, 0.717) is 31.3 Å². The van der Waals surface area contributed by atoms with E-state index in [1.165, 1.54) is 0 Å². The number of hydrogen-bond donors (Lipinski definition) is 1. The molecule has 0 fully saturated rings. The van der Waals surface area contributed by atoms with Gasteiger partial charge in [0, 0.05) is 19.0 Å². The van der Waals surface area contributed by atoms with Crippen LogP contribution in [0.2, 0.25) is 5.02 Å². The summed E-state index contributed by atoms with van der Waals surface area (Å²) in [6.07, 6.45) is -2.32. The molecule has 7 nitrogen and oxygen atoms in total. The van der Waals surface area contributed by atoms with Gasteiger partial charge in [0.15, 0.2) is 0 Å². The topological polar surface area (TPSA) is 90.0 Å². The first-order valence-electron chi connectivity index (χ1n) is 7.81. The summed E-state index contributed by atoms with van der Waals surface area (Å²) in [4.78, 5) is 27.4. The quantitative estimate of drug-likeness (QED) is 0.865. The first kappa shape index (κ1) is 18.4. The van der Waals surface area contributed by atoms with Gasteiger partial charge in [0.25, 0.3) is 0 Å². The molecule has 0 aliphatic carbocycles. The van der Waals surface area contributed by atoms with Crippen molar-refractivity contribution in [3.05, 3.63) is 44.9 Å². The number of nitrogens with zero attached hydrogens (tertiary/aromatic N) is 4. The Morgan fingerprint density at radius 1 is 1.42 bits per heavy atom. The monoisotopic (exact) mass is 390 g/mol. The fourth-order valence-electron chi connectivity index (χ4n) is 2.93. The smallest absolute Gasteiger partial charge is 0.417 e. The molecule has 2 aromatic heterocycles. The third-order valence-corrected chi connectivity index (χ3v) is 4.55. The van der Waals surface area contributed by atoms with Crippen molar-refractivity contribution < 1.29 is 23.1 Å². The molecule has 1 atom stereocenters. The van der Waals surface area contributed by atoms with Gasteiger partial charge in [-0.25, -0.2) is 14.3 Å². The van der Waals surface area contributed by atoms with Crippen LogP contribution < -0.4 is 5.69 Å². The number of alkyl halides is 3. The average Bonchev–Trinajstić information content (AvgIpc) is 2.89. The molecule has 11 heteroatoms. The van der Waals surface area contributed by atoms with Crippen LogP contribution in [0.25, 0.3) is 0 Å². The minimum Gasteiger partial charge on any atom is -0.480 e. The Hall–Kier alpha value is -2.36. The molecule has 3 heterocycles. The van der Waals surface area contributed by atoms with E-state index in [-0.39, 0.29) is 23.7 Å². The number of carboxylic acids is 1. The van der Waals surface area contributed by atoms with Gasteiger partial charge in [-0.3, -0.25) is 9.55 Å². The van der Waals surface area contributed by atoms with E-state index >= 15 is 0 Å². The van der Waals surface area contributed by atoms with Gasteiger partial charge < -0.3 is 5.11 Å². The highest BCUT2D eigenvalue weighted by Gasteiger charge is 2.32. The van der Waals surface area contributed by atoms with E-state index in [0.717, 1.165) is 15.3 Å². The summed E-state index contributed by atoms with van der Waals surface area (Å²) in [7, 11) is 0. The molecule has 1 N–H and O–H groups in total. The van der Waals surface area contributed by atoms with Gasteiger partial charge in [-0.2, -0.15) is 18.3 Å². The molecule has 0 radical (unpaired) electrons. The molecule has 1 aliphatic heterocycles. The zero-order chi connectivity index (χ0) is 19.1. The van der Waals surface area contributed by atoms with Crippen molar-refractivity contribution in [2.45, 2.75) is 44.4 Å². The normalized spacial score (nSPS) is 17.2. The summed E-state index contributed by atoms with van der Waals surface area (Å²) in [6, 6.07) is -0.168. The van der Waals surface area contributed by atoms with Gasteiger partial charge in [-0.1, -0.05) is 11.6 Å². The van der Waals surface area contributed by atoms with Crippen LogP contribution in [0.5, 0.6) is 0 Å². The Bertz CT molecular complexity index is 907. The van der Waals surface area contributed by atoms with Crippen LogP contribution in [0.4, 0.5) is 13.2 Å². The number of halogens is 4. The Labute approximate surface area is 150 Å². The largest absolute Gasteiger partial charge is 0.480 e. The Morgan fingerprint density at radius 3 is 2.77 bits per heavy atom. The number of carboxylic acid groups (broad SMARTS) is 1. The summed E-state index contributed by atoms with van der Waals surface area (Å²) in [5.74, 6) is -0.708. The second kappa shape index (κ2) is 6.75. The van der Waals surface area contributed by atoms with Crippen LogP contribution in [0.15, 0.2) is 17.1 Å². The van der Waals surface area contributed by atoms with E-state index in [9.17, 15) is 27.9 Å². The van der Waals surface area contributed by atoms with Crippen molar-refractivity contribution in [1.82, 2.24) is 19.3 Å². The molecule has 0 spiro atoms. The SMILES string of the molecule is O=C(O)[C@@H]1CCCc2nn(CCc3ncc(C(F)(F)F)cc3Cl)c(=O)n21. The summed E-state index contributed by atoms with van der Waals surface area (Å²) in [5, 5.41) is 13.2. The maximum Gasteiger partial charge on any atom is 0.417 e. The zero-order valence-electron chi connectivity index (χ0n) is 13.3. The molecule has 0 saturated heterocycles. The Morgan fingerprint density at radius 2 is 2.15 bits per heavy atom. The summed E-state index contributed by atoms with van der Waals surface area (Å²) < 4.78 is 40.2. The highest BCUT2D eigenvalue weighted by Crippen LogP contribution is 2.31. The van der Waals surface area contributed by atoms with Crippen molar-refractivity contribution in [2.75, 3.05) is 0 Å². The number of aromatic nitrogens is 4. The molecule has 140 valence electrons. The van der Waals surface area contributed by atoms with E-state index in [1.54, 1.807) is 0 Å². The van der Waals surface area contributed by atoms with Crippen molar-refractivity contribution >= 4 is 17.6 Å². The molecule has 0 amide bonds. The number of rotatable bonds is 4. The van der Waals surface area contributed by atoms with Crippen LogP contribution in [0.1, 0.15) is 36.0 Å². The van der Waals surface area contributed by atoms with Gasteiger partial charge in [-0.05, 0) is 18.9 Å². The molecule has 0 unspecified atom stereocenters. The van der Waals surface area contributed by atoms with Crippen LogP contribution in [-0.2, 0) is 30.4 Å². The predicted molar refractivity (Wildman–Crippen MR) is 84.1 cm³/mol. The minimum absolute atomic E-state index is 0.0310. The number of aliphatic carboxylic acids is 1. The standard InChI is InChI=1S/C15H14ClF3N4O3/c16-9-6-8(15(17,18)19)7-20-10(9)4-5-22-14(26)23-11(13(24)25)2-1-3-12(23)21-22/h6-7,11H,1-5H2,(H,24,25)/t11-/m0/s1. The molecule has 0 saturated carbocycles. The van der Waals surface area contributed by atoms with Crippen molar-refractivity contribution in [3.63, 3.8) is 0 Å². The molecule has 0 aromatic carbocycles. The number of carbonyl (C=O) groups is 1. The maximum absolute atomic E-state index is 12.6. The summed E-state index contributed by atoms with van der Waals surface area (Å²) >= 11 is 5.85. The minimum atomic E-state index is -4.54. The molecule has 1 aliphatic rings. The summed E-state index contributed by atoms with van der Waals surface area (Å²) in [5.41, 5.74) is -1.31. The highest BCUT2D eigenvalue weighted by molar-refractivity contribution is 6.31. The summed E-state index contributed by atoms with van der Waals surface area (Å²) in [6.45, 7) is 0.0310. The number of aryl methyl sites for hydroxylation is 3. The van der Waals surface area contributed by atoms with E-state index in [1.807, 2.05) is 0 Å². The lowest BCUT2D eigenvalue weighted by molar-refractivity contribution is -0.141. The first-order chi connectivity index (χ1) is 12.2. The van der Waals surface area contributed by atoms with Gasteiger partial charge in [0.05, 0.1) is 22.8 Å². The fourth-order valence-corrected chi connectivity index (χ4v) is 3.19. The lowest BCUT2D eigenvalue weighted by Gasteiger charge is -2.19. The van der Waals surface area contributed by atoms with E-state index in [2.05, 4.69) is 10.1 Å². The number of pyridine rings is 1. The van der Waals surface area contributed by atoms with E-state index < -0.39 is 29.4 Å². The van der Waals surface area contributed by atoms with Crippen LogP contribution in [-0.4, -0.2) is 30.4 Å². The average molecular weight is 391 g/mol. The third-order valence-electron chi connectivity index (χ3n) is 4.22. The molecule has 26 heavy (non-hydrogen) atoms. The highest BCUT2D eigenvalue weighted by atomic mass is 35.5. The molecule has 0 bridgehead atoms. The zero-order valence-corrected chi connectivity index (χ0v) is 14.1. The Kier molecular flexibility index (Phi) is 4.78. The van der Waals surface area contributed by atoms with Gasteiger partial charge in [0.1, 0.15) is 11.9 Å². The van der Waals surface area contributed by atoms with Crippen LogP contribution in [0.3, 0.4) is 0 Å². The molecular weight excluding hydrogens is 377 g/mol. The Balaban J connectivity index is 1.81. The first-order valence-corrected chi connectivity index (χ1v) is 8.19. The van der Waals surface area contributed by atoms with Gasteiger partial charge >= 0.3 is 17.8 Å². The maximum atomic E-state index is 12.6. The van der Waals surface area contributed by atoms with Crippen LogP contribution in [0, 0.1) is 0 Å².